The van der Waals surface area contributed by atoms with Gasteiger partial charge in [0.1, 0.15) is 0 Å². The molecule has 1 aromatic heterocycles. The maximum absolute atomic E-state index is 10.7. The summed E-state index contributed by atoms with van der Waals surface area (Å²) >= 11 is 0. The van der Waals surface area contributed by atoms with Gasteiger partial charge in [0.05, 0.1) is 5.69 Å². The molecule has 0 saturated carbocycles. The molecule has 0 bridgehead atoms. The predicted molar refractivity (Wildman–Crippen MR) is 87.0 cm³/mol. The van der Waals surface area contributed by atoms with Gasteiger partial charge in [-0.3, -0.25) is 9.78 Å². The van der Waals surface area contributed by atoms with E-state index in [2.05, 4.69) is 23.2 Å². The van der Waals surface area contributed by atoms with Crippen molar-refractivity contribution in [2.75, 3.05) is 0 Å². The highest BCUT2D eigenvalue weighted by Gasteiger charge is 2.11. The van der Waals surface area contributed by atoms with Crippen LogP contribution in [0, 0.1) is 6.92 Å². The number of hydrogen-bond acceptors (Lipinski definition) is 2. The molecule has 3 nitrogen and oxygen atoms in total. The summed E-state index contributed by atoms with van der Waals surface area (Å²) in [6.45, 7) is 1.96. The Kier molecular flexibility index (Phi) is 4.23. The molecule has 3 rings (SSSR count). The first-order chi connectivity index (χ1) is 10.6. The number of nitrogens with zero attached hydrogens (tertiary/aromatic N) is 1. The van der Waals surface area contributed by atoms with Crippen LogP contribution in [0.1, 0.15) is 41.6 Å². The van der Waals surface area contributed by atoms with Crippen LogP contribution in [-0.4, -0.2) is 16.1 Å². The number of benzene rings is 1. The molecule has 0 fully saturated rings. The van der Waals surface area contributed by atoms with Crippen molar-refractivity contribution in [3.63, 3.8) is 0 Å². The second kappa shape index (κ2) is 6.30. The van der Waals surface area contributed by atoms with Crippen molar-refractivity contribution in [2.45, 2.75) is 45.4 Å². The van der Waals surface area contributed by atoms with Crippen LogP contribution in [0.2, 0.25) is 0 Å². The average Bonchev–Trinajstić information content (AvgIpc) is 2.53. The van der Waals surface area contributed by atoms with Gasteiger partial charge in [-0.2, -0.15) is 0 Å². The first-order valence-corrected chi connectivity index (χ1v) is 7.94. The lowest BCUT2D eigenvalue weighted by molar-refractivity contribution is -0.136. The molecular weight excluding hydrogens is 274 g/mol. The molecule has 0 unspecified atom stereocenters. The van der Waals surface area contributed by atoms with Gasteiger partial charge in [0.25, 0.3) is 0 Å². The summed E-state index contributed by atoms with van der Waals surface area (Å²) in [5.74, 6) is -0.766. The number of carboxylic acid groups (broad SMARTS) is 1. The van der Waals surface area contributed by atoms with Crippen molar-refractivity contribution in [2.24, 2.45) is 0 Å². The lowest BCUT2D eigenvalue weighted by atomic mass is 9.90. The van der Waals surface area contributed by atoms with E-state index in [0.717, 1.165) is 22.5 Å². The summed E-state index contributed by atoms with van der Waals surface area (Å²) in [5, 5.41) is 8.79. The molecule has 0 atom stereocenters. The average molecular weight is 295 g/mol. The van der Waals surface area contributed by atoms with Crippen LogP contribution in [0.4, 0.5) is 0 Å². The van der Waals surface area contributed by atoms with Crippen molar-refractivity contribution in [1.82, 2.24) is 4.98 Å². The minimum absolute atomic E-state index is 0.153. The first kappa shape index (κ1) is 14.8. The predicted octanol–water partition coefficient (Wildman–Crippen LogP) is 3.95. The molecule has 1 aliphatic rings. The minimum Gasteiger partial charge on any atom is -0.481 e. The fraction of sp³-hybridized carbons (Fsp3) is 0.368. The van der Waals surface area contributed by atoms with Crippen molar-refractivity contribution in [1.29, 1.82) is 0 Å². The number of aryl methyl sites for hydroxylation is 4. The molecule has 1 aliphatic carbocycles. The molecule has 0 aliphatic heterocycles. The van der Waals surface area contributed by atoms with Gasteiger partial charge in [-0.1, -0.05) is 18.2 Å². The van der Waals surface area contributed by atoms with Crippen molar-refractivity contribution in [3.05, 3.63) is 52.7 Å². The topological polar surface area (TPSA) is 50.2 Å². The van der Waals surface area contributed by atoms with Crippen LogP contribution < -0.4 is 0 Å². The third kappa shape index (κ3) is 3.19. The van der Waals surface area contributed by atoms with E-state index in [9.17, 15) is 4.79 Å². The van der Waals surface area contributed by atoms with Gasteiger partial charge in [-0.15, -0.1) is 0 Å². The highest BCUT2D eigenvalue weighted by atomic mass is 16.4. The second-order valence-corrected chi connectivity index (χ2v) is 6.03. The van der Waals surface area contributed by atoms with Crippen LogP contribution >= 0.6 is 0 Å². The van der Waals surface area contributed by atoms with E-state index in [1.807, 2.05) is 19.1 Å². The van der Waals surface area contributed by atoms with E-state index in [0.29, 0.717) is 6.42 Å². The lowest BCUT2D eigenvalue weighted by Crippen LogP contribution is -2.03. The number of carboxylic acids is 1. The molecule has 22 heavy (non-hydrogen) atoms. The van der Waals surface area contributed by atoms with E-state index in [4.69, 9.17) is 5.11 Å². The molecule has 3 heteroatoms. The fourth-order valence-corrected chi connectivity index (χ4v) is 3.15. The van der Waals surface area contributed by atoms with E-state index in [1.54, 1.807) is 0 Å². The molecule has 114 valence electrons. The van der Waals surface area contributed by atoms with Crippen LogP contribution in [0.15, 0.2) is 30.3 Å². The third-order valence-electron chi connectivity index (χ3n) is 4.45. The maximum atomic E-state index is 10.7. The van der Waals surface area contributed by atoms with E-state index < -0.39 is 5.97 Å². The summed E-state index contributed by atoms with van der Waals surface area (Å²) in [4.78, 5) is 15.4. The maximum Gasteiger partial charge on any atom is 0.303 e. The fourth-order valence-electron chi connectivity index (χ4n) is 3.15. The Morgan fingerprint density at radius 3 is 2.64 bits per heavy atom. The van der Waals surface area contributed by atoms with E-state index in [1.165, 1.54) is 36.8 Å². The molecular formula is C19H21NO2. The standard InChI is InChI=1S/C19H21NO2/c1-13-14(9-11-19(21)22)8-10-18(20-13)17-7-6-15-4-2-3-5-16(15)12-17/h6-8,10,12H,2-5,9,11H2,1H3,(H,21,22). The Morgan fingerprint density at radius 1 is 1.14 bits per heavy atom. The van der Waals surface area contributed by atoms with Gasteiger partial charge < -0.3 is 5.11 Å². The SMILES string of the molecule is Cc1nc(-c2ccc3c(c2)CCCC3)ccc1CCC(=O)O. The summed E-state index contributed by atoms with van der Waals surface area (Å²) in [6, 6.07) is 10.7. The Morgan fingerprint density at radius 2 is 1.91 bits per heavy atom. The molecule has 1 aromatic carbocycles. The highest BCUT2D eigenvalue weighted by Crippen LogP contribution is 2.27. The Labute approximate surface area is 131 Å². The van der Waals surface area contributed by atoms with Crippen LogP contribution in [0.25, 0.3) is 11.3 Å². The number of aliphatic carboxylic acids is 1. The first-order valence-electron chi connectivity index (χ1n) is 7.94. The summed E-state index contributed by atoms with van der Waals surface area (Å²) in [6.07, 6.45) is 5.62. The Hall–Kier alpha value is -2.16. The van der Waals surface area contributed by atoms with Gasteiger partial charge in [-0.25, -0.2) is 0 Å². The van der Waals surface area contributed by atoms with Gasteiger partial charge in [0, 0.05) is 17.7 Å². The number of aromatic nitrogens is 1. The van der Waals surface area contributed by atoms with Crippen molar-refractivity contribution < 1.29 is 9.90 Å². The number of hydrogen-bond donors (Lipinski definition) is 1. The van der Waals surface area contributed by atoms with Gasteiger partial charge in [0.2, 0.25) is 0 Å². The molecule has 1 N–H and O–H groups in total. The van der Waals surface area contributed by atoms with Crippen LogP contribution in [-0.2, 0) is 24.1 Å². The molecule has 0 saturated heterocycles. The Bertz CT molecular complexity index is 707. The summed E-state index contributed by atoms with van der Waals surface area (Å²) in [7, 11) is 0. The summed E-state index contributed by atoms with van der Waals surface area (Å²) in [5.41, 5.74) is 7.02. The highest BCUT2D eigenvalue weighted by molar-refractivity contribution is 5.67. The smallest absolute Gasteiger partial charge is 0.303 e. The zero-order chi connectivity index (χ0) is 15.5. The quantitative estimate of drug-likeness (QED) is 0.929. The zero-order valence-electron chi connectivity index (χ0n) is 12.9. The molecule has 0 amide bonds. The normalized spacial score (nSPS) is 13.7. The second-order valence-electron chi connectivity index (χ2n) is 6.03. The van der Waals surface area contributed by atoms with Gasteiger partial charge >= 0.3 is 5.97 Å². The van der Waals surface area contributed by atoms with Gasteiger partial charge in [0.15, 0.2) is 0 Å². The third-order valence-corrected chi connectivity index (χ3v) is 4.45. The van der Waals surface area contributed by atoms with Crippen LogP contribution in [0.3, 0.4) is 0 Å². The largest absolute Gasteiger partial charge is 0.481 e. The Balaban J connectivity index is 1.86. The minimum atomic E-state index is -0.766. The molecule has 2 aromatic rings. The van der Waals surface area contributed by atoms with Crippen LogP contribution in [0.5, 0.6) is 0 Å². The number of fused-ring (bicyclic) bond motifs is 1. The van der Waals surface area contributed by atoms with Gasteiger partial charge in [-0.05, 0) is 67.9 Å². The zero-order valence-corrected chi connectivity index (χ0v) is 12.9. The lowest BCUT2D eigenvalue weighted by Gasteiger charge is -2.16. The van der Waals surface area contributed by atoms with Crippen molar-refractivity contribution >= 4 is 5.97 Å². The monoisotopic (exact) mass is 295 g/mol. The molecule has 1 heterocycles. The van der Waals surface area contributed by atoms with Crippen molar-refractivity contribution in [3.8, 4) is 11.3 Å². The molecule has 0 radical (unpaired) electrons. The molecule has 0 spiro atoms. The summed E-state index contributed by atoms with van der Waals surface area (Å²) < 4.78 is 0. The number of carbonyl (C=O) groups is 1. The van der Waals surface area contributed by atoms with E-state index in [-0.39, 0.29) is 6.42 Å². The number of rotatable bonds is 4. The number of pyridine rings is 1. The van der Waals surface area contributed by atoms with E-state index >= 15 is 0 Å².